The normalized spacial score (nSPS) is 21.4. The van der Waals surface area contributed by atoms with Crippen molar-refractivity contribution in [1.29, 1.82) is 0 Å². The smallest absolute Gasteiger partial charge is 0.306 e. The number of nitrogens with zero attached hydrogens (tertiary/aromatic N) is 2. The Morgan fingerprint density at radius 1 is 1.10 bits per heavy atom. The lowest BCUT2D eigenvalue weighted by Gasteiger charge is -2.30. The summed E-state index contributed by atoms with van der Waals surface area (Å²) in [6.45, 7) is 6.95. The van der Waals surface area contributed by atoms with Crippen LogP contribution in [0.5, 0.6) is 17.2 Å². The van der Waals surface area contributed by atoms with Gasteiger partial charge in [0.1, 0.15) is 18.5 Å². The van der Waals surface area contributed by atoms with Gasteiger partial charge in [-0.2, -0.15) is 4.31 Å². The molecule has 4 heterocycles. The Kier molecular flexibility index (Phi) is 10.9. The van der Waals surface area contributed by atoms with E-state index < -0.39 is 34.1 Å². The van der Waals surface area contributed by atoms with Gasteiger partial charge in [-0.25, -0.2) is 13.4 Å². The maximum atomic E-state index is 13.9. The van der Waals surface area contributed by atoms with Crippen molar-refractivity contribution in [3.8, 4) is 17.2 Å². The number of hydrogen-bond acceptors (Lipinski definition) is 12. The molecule has 48 heavy (non-hydrogen) atoms. The molecule has 14 heteroatoms. The molecule has 5 atom stereocenters. The van der Waals surface area contributed by atoms with Crippen molar-refractivity contribution in [3.63, 3.8) is 0 Å². The van der Waals surface area contributed by atoms with Crippen LogP contribution in [-0.4, -0.2) is 80.4 Å². The molecule has 3 aromatic rings. The third-order valence-corrected chi connectivity index (χ3v) is 11.4. The molecule has 1 aromatic heterocycles. The Morgan fingerprint density at radius 3 is 2.65 bits per heavy atom. The fourth-order valence-electron chi connectivity index (χ4n) is 6.20. The van der Waals surface area contributed by atoms with Crippen molar-refractivity contribution in [1.82, 2.24) is 9.29 Å². The van der Waals surface area contributed by atoms with Crippen molar-refractivity contribution in [2.45, 2.75) is 70.0 Å². The number of thiazole rings is 1. The van der Waals surface area contributed by atoms with E-state index in [4.69, 9.17) is 28.4 Å². The van der Waals surface area contributed by atoms with Crippen LogP contribution >= 0.6 is 11.3 Å². The van der Waals surface area contributed by atoms with E-state index in [1.165, 1.54) is 16.4 Å². The number of aliphatic hydroxyl groups is 1. The summed E-state index contributed by atoms with van der Waals surface area (Å²) in [5.74, 6) is 0.317. The van der Waals surface area contributed by atoms with Gasteiger partial charge in [-0.05, 0) is 55.5 Å². The van der Waals surface area contributed by atoms with E-state index >= 15 is 0 Å². The summed E-state index contributed by atoms with van der Waals surface area (Å²) in [4.78, 5) is 18.7. The Morgan fingerprint density at radius 2 is 1.90 bits per heavy atom. The lowest BCUT2D eigenvalue weighted by atomic mass is 9.90. The van der Waals surface area contributed by atoms with Gasteiger partial charge in [0, 0.05) is 31.3 Å². The second kappa shape index (κ2) is 15.1. The Hall–Kier alpha value is -3.27. The van der Waals surface area contributed by atoms with Crippen molar-refractivity contribution in [3.05, 3.63) is 64.1 Å². The van der Waals surface area contributed by atoms with Gasteiger partial charge in [0.05, 0.1) is 46.4 Å². The highest BCUT2D eigenvalue weighted by atomic mass is 32.2. The Bertz CT molecular complexity index is 1660. The first-order valence-corrected chi connectivity index (χ1v) is 18.4. The van der Waals surface area contributed by atoms with Crippen LogP contribution < -0.4 is 14.2 Å². The summed E-state index contributed by atoms with van der Waals surface area (Å²) in [6.07, 6.45) is 0.758. The minimum absolute atomic E-state index is 0.0192. The summed E-state index contributed by atoms with van der Waals surface area (Å²) in [6, 6.07) is 11.9. The zero-order valence-corrected chi connectivity index (χ0v) is 28.9. The highest BCUT2D eigenvalue weighted by molar-refractivity contribution is 7.89. The molecule has 0 spiro atoms. The van der Waals surface area contributed by atoms with E-state index in [1.54, 1.807) is 23.6 Å². The van der Waals surface area contributed by atoms with Crippen LogP contribution in [0.25, 0.3) is 0 Å². The molecular formula is C34H42N2O10S2. The van der Waals surface area contributed by atoms with Crippen LogP contribution in [0.3, 0.4) is 0 Å². The first-order chi connectivity index (χ1) is 23.0. The van der Waals surface area contributed by atoms with Gasteiger partial charge < -0.3 is 33.5 Å². The SMILES string of the molecule is Cc1ncc(COc2ccc(C[C@H](CC(=O)O[C@H]3CO[C@H]4OCC[C@H]43)[C@H](O)CN(CC(C)C)S(=O)(=O)c3ccc4c(c3)OCO4)cc2)s1. The van der Waals surface area contributed by atoms with Gasteiger partial charge in [-0.3, -0.25) is 4.79 Å². The molecule has 2 aromatic carbocycles. The second-order valence-corrected chi connectivity index (χ2v) is 16.1. The van der Waals surface area contributed by atoms with Crippen LogP contribution in [0, 0.1) is 24.7 Å². The Labute approximate surface area is 284 Å². The molecule has 0 radical (unpaired) electrons. The Balaban J connectivity index is 1.18. The molecule has 0 amide bonds. The standard InChI is InChI=1S/C34H42N2O10S2/c1-21(2)16-36(48(39,40)27-8-9-30-31(14-27)45-20-44-30)17-29(37)24(13-33(38)46-32-19-43-34-28(32)10-11-41-34)12-23-4-6-25(7-5-23)42-18-26-15-35-22(3)47-26/h4-9,14-15,21,24,28-29,32,34,37H,10-13,16-20H2,1-3H3/t24-,28+,29-,32+,34-/m1/s1. The minimum Gasteiger partial charge on any atom is -0.488 e. The zero-order valence-electron chi connectivity index (χ0n) is 27.3. The van der Waals surface area contributed by atoms with Gasteiger partial charge >= 0.3 is 5.97 Å². The highest BCUT2D eigenvalue weighted by Crippen LogP contribution is 2.36. The van der Waals surface area contributed by atoms with Gasteiger partial charge in [0.15, 0.2) is 17.8 Å². The number of carbonyl (C=O) groups excluding carboxylic acids is 1. The van der Waals surface area contributed by atoms with Crippen LogP contribution in [0.2, 0.25) is 0 Å². The van der Waals surface area contributed by atoms with Crippen LogP contribution in [0.1, 0.15) is 42.1 Å². The molecule has 2 fully saturated rings. The minimum atomic E-state index is -4.04. The number of aryl methyl sites for hydroxylation is 1. The molecule has 3 aliphatic rings. The molecule has 6 rings (SSSR count). The van der Waals surface area contributed by atoms with E-state index in [0.29, 0.717) is 36.9 Å². The van der Waals surface area contributed by atoms with E-state index in [9.17, 15) is 18.3 Å². The molecule has 0 saturated carbocycles. The molecule has 1 N–H and O–H groups in total. The molecule has 0 bridgehead atoms. The van der Waals surface area contributed by atoms with E-state index in [1.807, 2.05) is 45.0 Å². The van der Waals surface area contributed by atoms with Crippen molar-refractivity contribution in [2.24, 2.45) is 17.8 Å². The molecule has 12 nitrogen and oxygen atoms in total. The van der Waals surface area contributed by atoms with Gasteiger partial charge in [0.2, 0.25) is 16.8 Å². The summed E-state index contributed by atoms with van der Waals surface area (Å²) >= 11 is 1.58. The number of hydrogen-bond donors (Lipinski definition) is 1. The van der Waals surface area contributed by atoms with Gasteiger partial charge in [-0.15, -0.1) is 11.3 Å². The third-order valence-electron chi connectivity index (χ3n) is 8.65. The van der Waals surface area contributed by atoms with Crippen LogP contribution in [0.4, 0.5) is 0 Å². The molecule has 3 aliphatic heterocycles. The first-order valence-electron chi connectivity index (χ1n) is 16.2. The van der Waals surface area contributed by atoms with E-state index in [0.717, 1.165) is 21.9 Å². The number of rotatable bonds is 15. The third kappa shape index (κ3) is 8.29. The molecule has 260 valence electrons. The number of sulfonamides is 1. The zero-order chi connectivity index (χ0) is 33.8. The lowest BCUT2D eigenvalue weighted by Crippen LogP contribution is -2.43. The fraction of sp³-hybridized carbons (Fsp3) is 0.529. The van der Waals surface area contributed by atoms with E-state index in [2.05, 4.69) is 4.98 Å². The topological polar surface area (TPSA) is 143 Å². The summed E-state index contributed by atoms with van der Waals surface area (Å²) in [5, 5.41) is 12.7. The molecule has 0 unspecified atom stereocenters. The number of benzene rings is 2. The summed E-state index contributed by atoms with van der Waals surface area (Å²) in [5.41, 5.74) is 0.857. The number of aromatic nitrogens is 1. The molecule has 0 aliphatic carbocycles. The van der Waals surface area contributed by atoms with Gasteiger partial charge in [0.25, 0.3) is 0 Å². The number of fused-ring (bicyclic) bond motifs is 2. The molecule has 2 saturated heterocycles. The van der Waals surface area contributed by atoms with E-state index in [-0.39, 0.29) is 55.9 Å². The maximum absolute atomic E-state index is 13.9. The fourth-order valence-corrected chi connectivity index (χ4v) is 8.54. The van der Waals surface area contributed by atoms with Crippen LogP contribution in [0.15, 0.2) is 53.6 Å². The average Bonchev–Trinajstić information content (AvgIpc) is 3.86. The predicted octanol–water partition coefficient (Wildman–Crippen LogP) is 4.32. The van der Waals surface area contributed by atoms with Crippen molar-refractivity contribution < 1.29 is 46.7 Å². The monoisotopic (exact) mass is 702 g/mol. The average molecular weight is 703 g/mol. The second-order valence-electron chi connectivity index (χ2n) is 12.8. The number of ether oxygens (including phenoxy) is 6. The summed E-state index contributed by atoms with van der Waals surface area (Å²) < 4.78 is 62.9. The lowest BCUT2D eigenvalue weighted by molar-refractivity contribution is -0.153. The number of aliphatic hydroxyl groups excluding tert-OH is 1. The molecular weight excluding hydrogens is 661 g/mol. The first kappa shape index (κ1) is 34.6. The van der Waals surface area contributed by atoms with Gasteiger partial charge in [-0.1, -0.05) is 26.0 Å². The quantitative estimate of drug-likeness (QED) is 0.226. The predicted molar refractivity (Wildman–Crippen MR) is 175 cm³/mol. The van der Waals surface area contributed by atoms with Crippen LogP contribution in [-0.2, 0) is 42.1 Å². The van der Waals surface area contributed by atoms with Crippen molar-refractivity contribution >= 4 is 27.3 Å². The summed E-state index contributed by atoms with van der Waals surface area (Å²) in [7, 11) is -4.04. The number of carbonyl (C=O) groups is 1. The largest absolute Gasteiger partial charge is 0.488 e. The number of esters is 1. The maximum Gasteiger partial charge on any atom is 0.306 e. The highest BCUT2D eigenvalue weighted by Gasteiger charge is 2.44. The van der Waals surface area contributed by atoms with Crippen molar-refractivity contribution in [2.75, 3.05) is 33.1 Å².